The second-order valence-corrected chi connectivity index (χ2v) is 5.50. The quantitative estimate of drug-likeness (QED) is 0.614. The molecule has 4 aromatic rings. The van der Waals surface area contributed by atoms with Crippen LogP contribution in [0.1, 0.15) is 10.4 Å². The van der Waals surface area contributed by atoms with Crippen LogP contribution in [0.2, 0.25) is 0 Å². The van der Waals surface area contributed by atoms with Gasteiger partial charge in [-0.1, -0.05) is 42.5 Å². The predicted octanol–water partition coefficient (Wildman–Crippen LogP) is 4.06. The zero-order valence-electron chi connectivity index (χ0n) is 13.1. The summed E-state index contributed by atoms with van der Waals surface area (Å²) in [6.07, 6.45) is 3.18. The van der Waals surface area contributed by atoms with E-state index in [9.17, 15) is 9.90 Å². The third kappa shape index (κ3) is 2.72. The standard InChI is InChI=1S/C20H13N3O2/c24-20(25)16-9-4-11-21-18(16)17-10-12-22-19(23-17)15-8-3-6-13-5-1-2-7-14(13)15/h1-12H,(H,24,25). The van der Waals surface area contributed by atoms with Crippen LogP contribution in [0.5, 0.6) is 0 Å². The molecule has 0 saturated carbocycles. The Kier molecular flexibility index (Phi) is 3.67. The summed E-state index contributed by atoms with van der Waals surface area (Å²) in [5.41, 5.74) is 1.83. The lowest BCUT2D eigenvalue weighted by molar-refractivity contribution is 0.0697. The highest BCUT2D eigenvalue weighted by Crippen LogP contribution is 2.28. The fourth-order valence-corrected chi connectivity index (χ4v) is 2.82. The summed E-state index contributed by atoms with van der Waals surface area (Å²) in [5.74, 6) is -0.496. The number of aromatic carboxylic acids is 1. The van der Waals surface area contributed by atoms with Gasteiger partial charge in [0, 0.05) is 18.0 Å². The minimum absolute atomic E-state index is 0.116. The van der Waals surface area contributed by atoms with Crippen molar-refractivity contribution in [3.8, 4) is 22.8 Å². The maximum absolute atomic E-state index is 11.4. The third-order valence-corrected chi connectivity index (χ3v) is 3.97. The number of fused-ring (bicyclic) bond motifs is 1. The fraction of sp³-hybridized carbons (Fsp3) is 0. The minimum atomic E-state index is -1.03. The third-order valence-electron chi connectivity index (χ3n) is 3.97. The normalized spacial score (nSPS) is 10.7. The van der Waals surface area contributed by atoms with Gasteiger partial charge < -0.3 is 5.11 Å². The van der Waals surface area contributed by atoms with E-state index < -0.39 is 5.97 Å². The molecule has 0 aliphatic rings. The Morgan fingerprint density at radius 2 is 1.68 bits per heavy atom. The summed E-state index contributed by atoms with van der Waals surface area (Å²) in [7, 11) is 0. The molecule has 0 unspecified atom stereocenters. The Morgan fingerprint density at radius 1 is 0.840 bits per heavy atom. The van der Waals surface area contributed by atoms with Gasteiger partial charge in [-0.3, -0.25) is 4.98 Å². The molecule has 0 aliphatic carbocycles. The predicted molar refractivity (Wildman–Crippen MR) is 95.2 cm³/mol. The van der Waals surface area contributed by atoms with Gasteiger partial charge in [0.15, 0.2) is 5.82 Å². The SMILES string of the molecule is O=C(O)c1cccnc1-c1ccnc(-c2cccc3ccccc23)n1. The summed E-state index contributed by atoms with van der Waals surface area (Å²) >= 11 is 0. The lowest BCUT2D eigenvalue weighted by atomic mass is 10.0. The van der Waals surface area contributed by atoms with Crippen LogP contribution in [0.15, 0.2) is 73.1 Å². The molecule has 4 rings (SSSR count). The van der Waals surface area contributed by atoms with Gasteiger partial charge in [-0.25, -0.2) is 14.8 Å². The van der Waals surface area contributed by atoms with Crippen molar-refractivity contribution in [3.63, 3.8) is 0 Å². The van der Waals surface area contributed by atoms with E-state index in [1.807, 2.05) is 42.5 Å². The first-order valence-corrected chi connectivity index (χ1v) is 7.74. The first-order chi connectivity index (χ1) is 12.2. The molecule has 0 fully saturated rings. The first-order valence-electron chi connectivity index (χ1n) is 7.74. The fourth-order valence-electron chi connectivity index (χ4n) is 2.82. The summed E-state index contributed by atoms with van der Waals surface area (Å²) in [6, 6.07) is 18.7. The smallest absolute Gasteiger partial charge is 0.337 e. The van der Waals surface area contributed by atoms with E-state index in [-0.39, 0.29) is 5.56 Å². The molecule has 0 aliphatic heterocycles. The van der Waals surface area contributed by atoms with Crippen molar-refractivity contribution in [1.82, 2.24) is 15.0 Å². The van der Waals surface area contributed by atoms with Crippen LogP contribution in [0.3, 0.4) is 0 Å². The maximum Gasteiger partial charge on any atom is 0.337 e. The average molecular weight is 327 g/mol. The number of rotatable bonds is 3. The second-order valence-electron chi connectivity index (χ2n) is 5.50. The largest absolute Gasteiger partial charge is 0.478 e. The van der Waals surface area contributed by atoms with Crippen molar-refractivity contribution in [2.24, 2.45) is 0 Å². The number of nitrogens with zero attached hydrogens (tertiary/aromatic N) is 3. The lowest BCUT2D eigenvalue weighted by Gasteiger charge is -2.08. The molecular weight excluding hydrogens is 314 g/mol. The molecule has 0 atom stereocenters. The topological polar surface area (TPSA) is 76.0 Å². The van der Waals surface area contributed by atoms with Crippen LogP contribution in [0, 0.1) is 0 Å². The molecule has 0 radical (unpaired) electrons. The molecular formula is C20H13N3O2. The molecule has 5 heteroatoms. The highest BCUT2D eigenvalue weighted by molar-refractivity contribution is 5.96. The van der Waals surface area contributed by atoms with Crippen LogP contribution < -0.4 is 0 Å². The van der Waals surface area contributed by atoms with E-state index in [4.69, 9.17) is 0 Å². The highest BCUT2D eigenvalue weighted by atomic mass is 16.4. The molecule has 0 saturated heterocycles. The Bertz CT molecular complexity index is 1090. The van der Waals surface area contributed by atoms with Crippen molar-refractivity contribution in [1.29, 1.82) is 0 Å². The minimum Gasteiger partial charge on any atom is -0.478 e. The maximum atomic E-state index is 11.4. The molecule has 0 bridgehead atoms. The Balaban J connectivity index is 1.90. The average Bonchev–Trinajstić information content (AvgIpc) is 2.67. The van der Waals surface area contributed by atoms with Crippen LogP contribution in [-0.2, 0) is 0 Å². The number of aromatic nitrogens is 3. The van der Waals surface area contributed by atoms with E-state index in [1.54, 1.807) is 24.5 Å². The van der Waals surface area contributed by atoms with Gasteiger partial charge in [-0.05, 0) is 29.0 Å². The van der Waals surface area contributed by atoms with Gasteiger partial charge in [-0.2, -0.15) is 0 Å². The van der Waals surface area contributed by atoms with Crippen molar-refractivity contribution in [2.75, 3.05) is 0 Å². The number of pyridine rings is 1. The number of carbonyl (C=O) groups is 1. The van der Waals surface area contributed by atoms with E-state index in [0.717, 1.165) is 16.3 Å². The van der Waals surface area contributed by atoms with Crippen molar-refractivity contribution in [3.05, 3.63) is 78.6 Å². The van der Waals surface area contributed by atoms with Gasteiger partial charge in [0.1, 0.15) is 5.69 Å². The molecule has 2 aromatic carbocycles. The van der Waals surface area contributed by atoms with Gasteiger partial charge in [0.05, 0.1) is 11.3 Å². The number of hydrogen-bond donors (Lipinski definition) is 1. The monoisotopic (exact) mass is 327 g/mol. The van der Waals surface area contributed by atoms with Crippen LogP contribution in [-0.4, -0.2) is 26.0 Å². The zero-order chi connectivity index (χ0) is 17.2. The van der Waals surface area contributed by atoms with Gasteiger partial charge in [-0.15, -0.1) is 0 Å². The van der Waals surface area contributed by atoms with E-state index in [1.165, 1.54) is 6.07 Å². The molecule has 0 spiro atoms. The van der Waals surface area contributed by atoms with Crippen molar-refractivity contribution in [2.45, 2.75) is 0 Å². The Labute approximate surface area is 143 Å². The second kappa shape index (κ2) is 6.13. The van der Waals surface area contributed by atoms with Crippen LogP contribution >= 0.6 is 0 Å². The molecule has 5 nitrogen and oxygen atoms in total. The van der Waals surface area contributed by atoms with Crippen molar-refractivity contribution < 1.29 is 9.90 Å². The zero-order valence-corrected chi connectivity index (χ0v) is 13.1. The van der Waals surface area contributed by atoms with Crippen LogP contribution in [0.4, 0.5) is 0 Å². The molecule has 1 N–H and O–H groups in total. The molecule has 2 heterocycles. The summed E-state index contributed by atoms with van der Waals surface area (Å²) in [4.78, 5) is 24.6. The summed E-state index contributed by atoms with van der Waals surface area (Å²) in [6.45, 7) is 0. The lowest BCUT2D eigenvalue weighted by Crippen LogP contribution is -2.03. The van der Waals surface area contributed by atoms with E-state index in [2.05, 4.69) is 15.0 Å². The van der Waals surface area contributed by atoms with Crippen molar-refractivity contribution >= 4 is 16.7 Å². The molecule has 120 valence electrons. The van der Waals surface area contributed by atoms with Gasteiger partial charge >= 0.3 is 5.97 Å². The number of carboxylic acid groups (broad SMARTS) is 1. The number of carboxylic acids is 1. The molecule has 0 amide bonds. The number of benzene rings is 2. The molecule has 2 aromatic heterocycles. The summed E-state index contributed by atoms with van der Waals surface area (Å²) in [5, 5.41) is 11.5. The highest BCUT2D eigenvalue weighted by Gasteiger charge is 2.15. The molecule has 25 heavy (non-hydrogen) atoms. The Morgan fingerprint density at radius 3 is 2.56 bits per heavy atom. The van der Waals surface area contributed by atoms with E-state index in [0.29, 0.717) is 17.2 Å². The van der Waals surface area contributed by atoms with Gasteiger partial charge in [0.2, 0.25) is 0 Å². The Hall–Kier alpha value is -3.60. The number of hydrogen-bond acceptors (Lipinski definition) is 4. The first kappa shape index (κ1) is 15.0. The van der Waals surface area contributed by atoms with Gasteiger partial charge in [0.25, 0.3) is 0 Å². The van der Waals surface area contributed by atoms with Crippen LogP contribution in [0.25, 0.3) is 33.5 Å². The van der Waals surface area contributed by atoms with E-state index >= 15 is 0 Å². The summed E-state index contributed by atoms with van der Waals surface area (Å²) < 4.78 is 0.